The van der Waals surface area contributed by atoms with Crippen LogP contribution in [0.1, 0.15) is 82.9 Å². The zero-order chi connectivity index (χ0) is 42.4. The van der Waals surface area contributed by atoms with E-state index in [1.807, 2.05) is 63.2 Å². The molecule has 4 atom stereocenters. The standard InChI is InChI=1S/C45H59N5O8/c1-28(2)40(38(51)24-31(26-58-45(3,4)5)42(54)49-37(43(55)56)23-29-15-8-7-9-16-29)50-41(53)30(17-14-22-48-44(46)47-6)25-39(52)57-27-36-34-20-12-10-18-32(34)33-19-11-13-21-35(33)36/h7-13,15-16,18-21,28,30-31,36-37,40H,14,17,22-27H2,1-6H3,(H,49,54)(H,50,53)(H,55,56)(H3,46,47,48)/t30-,31+,37+,40+/m1/s1. The van der Waals surface area contributed by atoms with Crippen LogP contribution in [0.25, 0.3) is 11.1 Å². The van der Waals surface area contributed by atoms with E-state index in [-0.39, 0.29) is 56.7 Å². The van der Waals surface area contributed by atoms with E-state index in [0.29, 0.717) is 13.0 Å². The Balaban J connectivity index is 1.47. The highest BCUT2D eigenvalue weighted by Gasteiger charge is 2.35. The fourth-order valence-corrected chi connectivity index (χ4v) is 7.02. The van der Waals surface area contributed by atoms with E-state index in [1.165, 1.54) is 0 Å². The number of carboxylic acids is 1. The Morgan fingerprint density at radius 3 is 1.98 bits per heavy atom. The van der Waals surface area contributed by atoms with Crippen LogP contribution in [0.5, 0.6) is 0 Å². The third-order valence-corrected chi connectivity index (χ3v) is 10.2. The molecule has 1 aliphatic rings. The molecule has 0 radical (unpaired) electrons. The SMILES string of the molecule is CN=C(N)NCCC[C@H](CC(=O)OCC1c2ccccc2-c2ccccc21)C(=O)N[C@H](C(=O)C[C@@H](COC(C)(C)C)C(=O)N[C@@H](Cc1ccccc1)C(=O)O)C(C)C. The highest BCUT2D eigenvalue weighted by molar-refractivity contribution is 5.94. The first-order valence-electron chi connectivity index (χ1n) is 19.9. The third-order valence-electron chi connectivity index (χ3n) is 10.2. The summed E-state index contributed by atoms with van der Waals surface area (Å²) in [7, 11) is 1.55. The summed E-state index contributed by atoms with van der Waals surface area (Å²) >= 11 is 0. The average molecular weight is 798 g/mol. The smallest absolute Gasteiger partial charge is 0.326 e. The summed E-state index contributed by atoms with van der Waals surface area (Å²) < 4.78 is 11.8. The van der Waals surface area contributed by atoms with E-state index in [9.17, 15) is 29.1 Å². The summed E-state index contributed by atoms with van der Waals surface area (Å²) in [6.45, 7) is 9.34. The van der Waals surface area contributed by atoms with Crippen molar-refractivity contribution in [3.8, 4) is 11.1 Å². The summed E-state index contributed by atoms with van der Waals surface area (Å²) in [6, 6.07) is 22.7. The minimum absolute atomic E-state index is 0.0474. The molecule has 2 amide bonds. The maximum atomic E-state index is 14.0. The van der Waals surface area contributed by atoms with Gasteiger partial charge in [0, 0.05) is 38.3 Å². The Bertz CT molecular complexity index is 1860. The predicted molar refractivity (Wildman–Crippen MR) is 223 cm³/mol. The quantitative estimate of drug-likeness (QED) is 0.0423. The summed E-state index contributed by atoms with van der Waals surface area (Å²) in [5.74, 6) is -5.51. The molecule has 0 saturated heterocycles. The molecule has 0 heterocycles. The van der Waals surface area contributed by atoms with E-state index in [1.54, 1.807) is 45.2 Å². The van der Waals surface area contributed by atoms with Crippen LogP contribution in [-0.2, 0) is 39.9 Å². The van der Waals surface area contributed by atoms with E-state index in [4.69, 9.17) is 15.2 Å². The number of amides is 2. The lowest BCUT2D eigenvalue weighted by atomic mass is 9.90. The summed E-state index contributed by atoms with van der Waals surface area (Å²) in [5, 5.41) is 18.4. The van der Waals surface area contributed by atoms with E-state index >= 15 is 0 Å². The van der Waals surface area contributed by atoms with Crippen molar-refractivity contribution in [1.29, 1.82) is 0 Å². The zero-order valence-corrected chi connectivity index (χ0v) is 34.5. The van der Waals surface area contributed by atoms with Crippen molar-refractivity contribution < 1.29 is 38.6 Å². The first-order chi connectivity index (χ1) is 27.6. The molecule has 0 unspecified atom stereocenters. The number of hydrogen-bond acceptors (Lipinski definition) is 8. The number of aliphatic carboxylic acids is 1. The van der Waals surface area contributed by atoms with Gasteiger partial charge in [0.25, 0.3) is 0 Å². The van der Waals surface area contributed by atoms with Crippen molar-refractivity contribution in [2.45, 2.75) is 90.3 Å². The molecule has 0 spiro atoms. The molecule has 0 aromatic heterocycles. The number of ether oxygens (including phenoxy) is 2. The lowest BCUT2D eigenvalue weighted by Gasteiger charge is -2.28. The lowest BCUT2D eigenvalue weighted by molar-refractivity contribution is -0.147. The number of carboxylic acid groups (broad SMARTS) is 1. The average Bonchev–Trinajstić information content (AvgIpc) is 3.51. The van der Waals surface area contributed by atoms with E-state index in [0.717, 1.165) is 27.8 Å². The number of nitrogens with zero attached hydrogens (tertiary/aromatic N) is 1. The maximum Gasteiger partial charge on any atom is 0.326 e. The number of aliphatic imine (C=N–C) groups is 1. The van der Waals surface area contributed by atoms with Crippen LogP contribution >= 0.6 is 0 Å². The number of carbonyl (C=O) groups excluding carboxylic acids is 4. The molecule has 3 aromatic carbocycles. The van der Waals surface area contributed by atoms with Crippen LogP contribution in [0, 0.1) is 17.8 Å². The normalized spacial score (nSPS) is 14.7. The number of nitrogens with one attached hydrogen (secondary N) is 3. The molecule has 0 saturated carbocycles. The van der Waals surface area contributed by atoms with Gasteiger partial charge in [-0.2, -0.15) is 0 Å². The van der Waals surface area contributed by atoms with Gasteiger partial charge in [0.15, 0.2) is 11.7 Å². The van der Waals surface area contributed by atoms with Gasteiger partial charge in [-0.25, -0.2) is 4.79 Å². The van der Waals surface area contributed by atoms with Crippen LogP contribution in [0.2, 0.25) is 0 Å². The molecule has 0 fully saturated rings. The van der Waals surface area contributed by atoms with Crippen LogP contribution in [0.3, 0.4) is 0 Å². The zero-order valence-electron chi connectivity index (χ0n) is 34.5. The molecule has 13 nitrogen and oxygen atoms in total. The van der Waals surface area contributed by atoms with Gasteiger partial charge < -0.3 is 36.3 Å². The van der Waals surface area contributed by atoms with Crippen molar-refractivity contribution in [3.63, 3.8) is 0 Å². The van der Waals surface area contributed by atoms with Crippen molar-refractivity contribution in [3.05, 3.63) is 95.6 Å². The molecular weight excluding hydrogens is 739 g/mol. The molecule has 13 heteroatoms. The largest absolute Gasteiger partial charge is 0.480 e. The molecule has 6 N–H and O–H groups in total. The number of ketones is 1. The number of Topliss-reactive ketones (excluding diaryl/α,β-unsaturated/α-hetero) is 1. The number of carbonyl (C=O) groups is 5. The number of rotatable bonds is 21. The second-order valence-corrected chi connectivity index (χ2v) is 16.1. The number of hydrogen-bond donors (Lipinski definition) is 5. The van der Waals surface area contributed by atoms with Crippen LogP contribution in [0.15, 0.2) is 83.9 Å². The number of guanidine groups is 1. The first-order valence-corrected chi connectivity index (χ1v) is 19.9. The second-order valence-electron chi connectivity index (χ2n) is 16.1. The van der Waals surface area contributed by atoms with Crippen LogP contribution in [-0.4, -0.2) is 85.1 Å². The van der Waals surface area contributed by atoms with Gasteiger partial charge in [-0.05, 0) is 67.3 Å². The Morgan fingerprint density at radius 2 is 1.41 bits per heavy atom. The van der Waals surface area contributed by atoms with Crippen molar-refractivity contribution in [1.82, 2.24) is 16.0 Å². The van der Waals surface area contributed by atoms with Crippen LogP contribution < -0.4 is 21.7 Å². The molecule has 312 valence electrons. The van der Waals surface area contributed by atoms with Crippen LogP contribution in [0.4, 0.5) is 0 Å². The Hall–Kier alpha value is -5.56. The molecule has 0 bridgehead atoms. The Morgan fingerprint density at radius 1 is 0.828 bits per heavy atom. The van der Waals surface area contributed by atoms with E-state index < -0.39 is 59.1 Å². The number of nitrogens with two attached hydrogens (primary N) is 1. The highest BCUT2D eigenvalue weighted by atomic mass is 16.5. The maximum absolute atomic E-state index is 14.0. The second kappa shape index (κ2) is 21.3. The van der Waals surface area contributed by atoms with Gasteiger partial charge in [0.1, 0.15) is 12.6 Å². The number of fused-ring (bicyclic) bond motifs is 3. The van der Waals surface area contributed by atoms with E-state index in [2.05, 4.69) is 33.1 Å². The van der Waals surface area contributed by atoms with Gasteiger partial charge in [-0.3, -0.25) is 24.2 Å². The fourth-order valence-electron chi connectivity index (χ4n) is 7.02. The molecule has 1 aliphatic carbocycles. The molecule has 58 heavy (non-hydrogen) atoms. The van der Waals surface area contributed by atoms with Gasteiger partial charge in [0.2, 0.25) is 11.8 Å². The highest BCUT2D eigenvalue weighted by Crippen LogP contribution is 2.44. The van der Waals surface area contributed by atoms with Gasteiger partial charge in [-0.1, -0.05) is 92.7 Å². The predicted octanol–water partition coefficient (Wildman–Crippen LogP) is 5.01. The molecular formula is C45H59N5O8. The molecule has 0 aliphatic heterocycles. The van der Waals surface area contributed by atoms with Gasteiger partial charge in [-0.15, -0.1) is 0 Å². The van der Waals surface area contributed by atoms with Gasteiger partial charge >= 0.3 is 11.9 Å². The summed E-state index contributed by atoms with van der Waals surface area (Å²) in [6.07, 6.45) is 0.249. The monoisotopic (exact) mass is 797 g/mol. The summed E-state index contributed by atoms with van der Waals surface area (Å²) in [5.41, 5.74) is 10.2. The minimum atomic E-state index is -1.24. The Kier molecular flexibility index (Phi) is 16.6. The lowest BCUT2D eigenvalue weighted by Crippen LogP contribution is -2.50. The van der Waals surface area contributed by atoms with Crippen molar-refractivity contribution in [2.75, 3.05) is 26.8 Å². The fraction of sp³-hybridized carbons (Fsp3) is 0.467. The summed E-state index contributed by atoms with van der Waals surface area (Å²) in [4.78, 5) is 71.3. The van der Waals surface area contributed by atoms with Gasteiger partial charge in [0.05, 0.1) is 30.6 Å². The van der Waals surface area contributed by atoms with Crippen molar-refractivity contribution in [2.24, 2.45) is 28.5 Å². The minimum Gasteiger partial charge on any atom is -0.480 e. The topological polar surface area (TPSA) is 199 Å². The number of esters is 1. The molecule has 3 aromatic rings. The van der Waals surface area contributed by atoms with Crippen molar-refractivity contribution >= 4 is 35.5 Å². The third kappa shape index (κ3) is 13.3. The molecule has 4 rings (SSSR count). The first kappa shape index (κ1) is 45.1. The Labute approximate surface area is 341 Å². The number of benzene rings is 3.